The number of carbonyl (C=O) groups is 3. The number of benzene rings is 1. The van der Waals surface area contributed by atoms with Gasteiger partial charge in [0.1, 0.15) is 0 Å². The highest BCUT2D eigenvalue weighted by molar-refractivity contribution is 8.14. The first kappa shape index (κ1) is 17.4. The molecule has 2 amide bonds. The molecular formula is C17H19NO4S2. The molecule has 2 aliphatic rings. The monoisotopic (exact) mass is 365 g/mol. The van der Waals surface area contributed by atoms with E-state index in [2.05, 4.69) is 0 Å². The molecule has 0 aromatic heterocycles. The van der Waals surface area contributed by atoms with E-state index in [4.69, 9.17) is 0 Å². The predicted molar refractivity (Wildman–Crippen MR) is 94.5 cm³/mol. The third-order valence-electron chi connectivity index (χ3n) is 4.61. The molecule has 0 N–H and O–H groups in total. The van der Waals surface area contributed by atoms with Crippen LogP contribution in [0.5, 0.6) is 0 Å². The summed E-state index contributed by atoms with van der Waals surface area (Å²) in [6.07, 6.45) is 1.24. The van der Waals surface area contributed by atoms with Crippen molar-refractivity contribution in [3.05, 3.63) is 35.4 Å². The van der Waals surface area contributed by atoms with Crippen molar-refractivity contribution in [2.24, 2.45) is 0 Å². The van der Waals surface area contributed by atoms with Crippen LogP contribution in [-0.2, 0) is 15.6 Å². The maximum Gasteiger partial charge on any atom is 0.262 e. The largest absolute Gasteiger partial charge is 0.295 e. The molecule has 3 atom stereocenters. The Morgan fingerprint density at radius 1 is 1.29 bits per heavy atom. The van der Waals surface area contributed by atoms with Crippen LogP contribution in [0.1, 0.15) is 47.4 Å². The third kappa shape index (κ3) is 2.45. The zero-order valence-corrected chi connectivity index (χ0v) is 15.2. The summed E-state index contributed by atoms with van der Waals surface area (Å²) >= 11 is 1.40. The molecule has 2 heterocycles. The molecule has 5 nitrogen and oxygen atoms in total. The molecule has 2 aliphatic heterocycles. The van der Waals surface area contributed by atoms with Gasteiger partial charge in [0.2, 0.25) is 0 Å². The second-order valence-corrected chi connectivity index (χ2v) is 9.37. The first-order valence-electron chi connectivity index (χ1n) is 7.97. The van der Waals surface area contributed by atoms with Gasteiger partial charge < -0.3 is 0 Å². The Labute approximate surface area is 147 Å². The molecule has 128 valence electrons. The fourth-order valence-corrected chi connectivity index (χ4v) is 7.07. The second-order valence-electron chi connectivity index (χ2n) is 5.92. The van der Waals surface area contributed by atoms with Crippen LogP contribution in [0.25, 0.3) is 0 Å². The highest BCUT2D eigenvalue weighted by atomic mass is 32.2. The lowest BCUT2D eigenvalue weighted by Crippen LogP contribution is -2.54. The van der Waals surface area contributed by atoms with Gasteiger partial charge in [-0.05, 0) is 37.7 Å². The molecule has 0 saturated carbocycles. The van der Waals surface area contributed by atoms with Gasteiger partial charge in [-0.1, -0.05) is 19.1 Å². The van der Waals surface area contributed by atoms with Crippen molar-refractivity contribution >= 4 is 40.2 Å². The summed E-state index contributed by atoms with van der Waals surface area (Å²) in [6, 6.07) is 5.65. The lowest BCUT2D eigenvalue weighted by Gasteiger charge is -2.36. The minimum absolute atomic E-state index is 0.289. The standard InChI is InChI=1S/C17H19NO4S2/c1-3-17(23-9-6-10-24(17)22)14(19)11(2)18-15(20)12-7-4-5-8-13(12)16(18)21/h4-5,7-8,11H,3,6,9-10H2,1-2H3/t11-,17-,24+/m0/s1. The normalized spacial score (nSPS) is 27.9. The lowest BCUT2D eigenvalue weighted by atomic mass is 10.1. The fraction of sp³-hybridized carbons (Fsp3) is 0.471. The molecule has 7 heteroatoms. The third-order valence-corrected chi connectivity index (χ3v) is 8.86. The maximum absolute atomic E-state index is 13.1. The van der Waals surface area contributed by atoms with E-state index < -0.39 is 32.7 Å². The van der Waals surface area contributed by atoms with Crippen molar-refractivity contribution in [1.82, 2.24) is 4.90 Å². The molecule has 1 saturated heterocycles. The van der Waals surface area contributed by atoms with E-state index in [1.807, 2.05) is 6.92 Å². The number of Topliss-reactive ketones (excluding diaryl/α,β-unsaturated/α-hetero) is 1. The molecule has 1 fully saturated rings. The molecule has 1 aromatic carbocycles. The van der Waals surface area contributed by atoms with Crippen LogP contribution in [0, 0.1) is 0 Å². The molecule has 0 bridgehead atoms. The number of imide groups is 1. The van der Waals surface area contributed by atoms with E-state index in [0.717, 1.165) is 17.1 Å². The molecule has 0 spiro atoms. The van der Waals surface area contributed by atoms with Crippen molar-refractivity contribution in [2.75, 3.05) is 11.5 Å². The Bertz CT molecular complexity index is 713. The number of carbonyl (C=O) groups excluding carboxylic acids is 3. The highest BCUT2D eigenvalue weighted by Gasteiger charge is 2.51. The van der Waals surface area contributed by atoms with Crippen molar-refractivity contribution in [1.29, 1.82) is 0 Å². The van der Waals surface area contributed by atoms with Crippen LogP contribution >= 0.6 is 11.8 Å². The van der Waals surface area contributed by atoms with Crippen LogP contribution in [-0.4, -0.2) is 48.3 Å². The second kappa shape index (κ2) is 6.44. The maximum atomic E-state index is 13.1. The van der Waals surface area contributed by atoms with Gasteiger partial charge in [0.15, 0.2) is 9.86 Å². The van der Waals surface area contributed by atoms with E-state index in [1.165, 1.54) is 11.8 Å². The van der Waals surface area contributed by atoms with Crippen LogP contribution in [0.3, 0.4) is 0 Å². The first-order valence-corrected chi connectivity index (χ1v) is 10.3. The Morgan fingerprint density at radius 2 is 1.88 bits per heavy atom. The van der Waals surface area contributed by atoms with Crippen LogP contribution in [0.2, 0.25) is 0 Å². The molecular weight excluding hydrogens is 346 g/mol. The predicted octanol–water partition coefficient (Wildman–Crippen LogP) is 2.23. The average Bonchev–Trinajstić information content (AvgIpc) is 2.86. The Morgan fingerprint density at radius 3 is 2.38 bits per heavy atom. The quantitative estimate of drug-likeness (QED) is 0.765. The molecule has 1 aromatic rings. The summed E-state index contributed by atoms with van der Waals surface area (Å²) in [5, 5.41) is 0. The summed E-state index contributed by atoms with van der Waals surface area (Å²) in [5.74, 6) is 0.0628. The van der Waals surface area contributed by atoms with Gasteiger partial charge in [0, 0.05) is 16.6 Å². The van der Waals surface area contributed by atoms with Crippen molar-refractivity contribution < 1.29 is 18.6 Å². The van der Waals surface area contributed by atoms with Gasteiger partial charge in [-0.2, -0.15) is 0 Å². The van der Waals surface area contributed by atoms with E-state index in [-0.39, 0.29) is 5.78 Å². The number of nitrogens with zero attached hydrogens (tertiary/aromatic N) is 1. The number of fused-ring (bicyclic) bond motifs is 1. The van der Waals surface area contributed by atoms with Gasteiger partial charge in [-0.3, -0.25) is 23.5 Å². The lowest BCUT2D eigenvalue weighted by molar-refractivity contribution is -0.122. The fourth-order valence-electron chi connectivity index (χ4n) is 3.27. The minimum Gasteiger partial charge on any atom is -0.295 e. The number of thioether (sulfide) groups is 1. The van der Waals surface area contributed by atoms with Crippen molar-refractivity contribution in [2.45, 2.75) is 36.8 Å². The molecule has 3 rings (SSSR count). The molecule has 0 unspecified atom stereocenters. The molecule has 0 aliphatic carbocycles. The average molecular weight is 365 g/mol. The van der Waals surface area contributed by atoms with Gasteiger partial charge in [0.05, 0.1) is 17.2 Å². The van der Waals surface area contributed by atoms with Gasteiger partial charge >= 0.3 is 0 Å². The summed E-state index contributed by atoms with van der Waals surface area (Å²) in [4.78, 5) is 39.3. The number of hydrogen-bond donors (Lipinski definition) is 0. The van der Waals surface area contributed by atoms with Crippen LogP contribution in [0.4, 0.5) is 0 Å². The van der Waals surface area contributed by atoms with E-state index in [9.17, 15) is 18.6 Å². The zero-order valence-electron chi connectivity index (χ0n) is 13.6. The highest BCUT2D eigenvalue weighted by Crippen LogP contribution is 2.40. The first-order chi connectivity index (χ1) is 11.4. The number of ketones is 1. The van der Waals surface area contributed by atoms with E-state index in [0.29, 0.717) is 23.3 Å². The number of rotatable bonds is 4. The van der Waals surface area contributed by atoms with Crippen LogP contribution in [0.15, 0.2) is 24.3 Å². The Balaban J connectivity index is 1.93. The van der Waals surface area contributed by atoms with E-state index >= 15 is 0 Å². The van der Waals surface area contributed by atoms with Crippen molar-refractivity contribution in [3.63, 3.8) is 0 Å². The van der Waals surface area contributed by atoms with Gasteiger partial charge in [-0.15, -0.1) is 11.8 Å². The summed E-state index contributed by atoms with van der Waals surface area (Å²) in [5.41, 5.74) is 0.648. The van der Waals surface area contributed by atoms with Gasteiger partial charge in [-0.25, -0.2) is 0 Å². The SMILES string of the molecule is CC[C@]1(C(=O)[C@H](C)N2C(=O)c3ccccc3C2=O)SCCC[S@]1=O. The summed E-state index contributed by atoms with van der Waals surface area (Å²) in [7, 11) is -1.30. The number of hydrogen-bond acceptors (Lipinski definition) is 5. The topological polar surface area (TPSA) is 71.5 Å². The Hall–Kier alpha value is -1.47. The van der Waals surface area contributed by atoms with Gasteiger partial charge in [0.25, 0.3) is 11.8 Å². The van der Waals surface area contributed by atoms with Crippen molar-refractivity contribution in [3.8, 4) is 0 Å². The summed E-state index contributed by atoms with van der Waals surface area (Å²) < 4.78 is 11.5. The number of amides is 2. The van der Waals surface area contributed by atoms with Crippen LogP contribution < -0.4 is 0 Å². The smallest absolute Gasteiger partial charge is 0.262 e. The molecule has 24 heavy (non-hydrogen) atoms. The summed E-state index contributed by atoms with van der Waals surface area (Å²) in [6.45, 7) is 3.40. The zero-order chi connectivity index (χ0) is 17.5. The molecule has 0 radical (unpaired) electrons. The Kier molecular flexibility index (Phi) is 4.66. The van der Waals surface area contributed by atoms with E-state index in [1.54, 1.807) is 31.2 Å². The minimum atomic E-state index is -1.30.